The highest BCUT2D eigenvalue weighted by atomic mass is 19.4. The van der Waals surface area contributed by atoms with Crippen molar-refractivity contribution in [1.29, 1.82) is 0 Å². The van der Waals surface area contributed by atoms with Gasteiger partial charge in [0, 0.05) is 19.0 Å². The highest BCUT2D eigenvalue weighted by Gasteiger charge is 2.53. The highest BCUT2D eigenvalue weighted by Crippen LogP contribution is 2.60. The molecule has 0 aliphatic heterocycles. The number of alkyl halides is 3. The first-order valence-electron chi connectivity index (χ1n) is 6.71. The number of halogens is 3. The average molecular weight is 249 g/mol. The molecule has 1 atom stereocenters. The van der Waals surface area contributed by atoms with Crippen LogP contribution in [0.15, 0.2) is 0 Å². The first-order valence-corrected chi connectivity index (χ1v) is 6.71. The van der Waals surface area contributed by atoms with Crippen molar-refractivity contribution < 1.29 is 13.2 Å². The quantitative estimate of drug-likeness (QED) is 0.722. The maximum Gasteiger partial charge on any atom is 0.389 e. The van der Waals surface area contributed by atoms with Crippen LogP contribution in [0.5, 0.6) is 0 Å². The normalized spacial score (nSPS) is 24.7. The van der Waals surface area contributed by atoms with Gasteiger partial charge in [-0.25, -0.2) is 0 Å². The topological polar surface area (TPSA) is 12.0 Å². The van der Waals surface area contributed by atoms with E-state index in [9.17, 15) is 13.2 Å². The van der Waals surface area contributed by atoms with E-state index in [-0.39, 0.29) is 12.5 Å². The van der Waals surface area contributed by atoms with Gasteiger partial charge in [0.05, 0.1) is 0 Å². The van der Waals surface area contributed by atoms with Crippen LogP contribution in [-0.2, 0) is 0 Å². The summed E-state index contributed by atoms with van der Waals surface area (Å²) in [5.74, 6) is 0.914. The van der Waals surface area contributed by atoms with Crippen LogP contribution >= 0.6 is 0 Å². The molecule has 0 aromatic heterocycles. The Morgan fingerprint density at radius 2 is 1.94 bits per heavy atom. The van der Waals surface area contributed by atoms with Crippen LogP contribution in [0, 0.1) is 11.3 Å². The first-order chi connectivity index (χ1) is 7.91. The number of hydrogen-bond donors (Lipinski definition) is 1. The molecule has 1 nitrogen and oxygen atoms in total. The van der Waals surface area contributed by atoms with Crippen molar-refractivity contribution in [2.24, 2.45) is 11.3 Å². The zero-order valence-electron chi connectivity index (χ0n) is 10.4. The van der Waals surface area contributed by atoms with E-state index in [0.29, 0.717) is 11.8 Å². The van der Waals surface area contributed by atoms with E-state index in [4.69, 9.17) is 0 Å². The monoisotopic (exact) mass is 249 g/mol. The molecule has 0 radical (unpaired) electrons. The lowest BCUT2D eigenvalue weighted by molar-refractivity contribution is -0.135. The predicted octanol–water partition coefficient (Wildman–Crippen LogP) is 3.89. The second kappa shape index (κ2) is 4.79. The van der Waals surface area contributed by atoms with Crippen LogP contribution in [0.25, 0.3) is 0 Å². The van der Waals surface area contributed by atoms with Gasteiger partial charge in [0.25, 0.3) is 0 Å². The SMILES string of the molecule is CC(CCCC(F)(F)F)NCC1(C2CC2)CC1. The molecule has 0 bridgehead atoms. The van der Waals surface area contributed by atoms with Gasteiger partial charge in [-0.1, -0.05) is 0 Å². The maximum atomic E-state index is 12.0. The fourth-order valence-electron chi connectivity index (χ4n) is 2.67. The van der Waals surface area contributed by atoms with E-state index in [0.717, 1.165) is 12.5 Å². The summed E-state index contributed by atoms with van der Waals surface area (Å²) in [5, 5.41) is 3.43. The molecule has 2 fully saturated rings. The lowest BCUT2D eigenvalue weighted by atomic mass is 10.00. The average Bonchev–Trinajstić information content (AvgIpc) is 3.05. The van der Waals surface area contributed by atoms with Gasteiger partial charge in [-0.15, -0.1) is 0 Å². The fourth-order valence-corrected chi connectivity index (χ4v) is 2.67. The third kappa shape index (κ3) is 4.16. The molecule has 1 unspecified atom stereocenters. The minimum Gasteiger partial charge on any atom is -0.314 e. The van der Waals surface area contributed by atoms with Gasteiger partial charge >= 0.3 is 6.18 Å². The van der Waals surface area contributed by atoms with Gasteiger partial charge in [-0.2, -0.15) is 13.2 Å². The Morgan fingerprint density at radius 1 is 1.29 bits per heavy atom. The molecular formula is C13H22F3N. The lowest BCUT2D eigenvalue weighted by Gasteiger charge is -2.20. The van der Waals surface area contributed by atoms with Crippen molar-refractivity contribution in [2.75, 3.05) is 6.54 Å². The summed E-state index contributed by atoms with van der Waals surface area (Å²) in [6.07, 6.45) is 1.60. The Labute approximate surface area is 101 Å². The van der Waals surface area contributed by atoms with Gasteiger partial charge in [0.2, 0.25) is 0 Å². The van der Waals surface area contributed by atoms with E-state index < -0.39 is 12.6 Å². The molecule has 2 rings (SSSR count). The smallest absolute Gasteiger partial charge is 0.314 e. The van der Waals surface area contributed by atoms with Crippen molar-refractivity contribution in [3.05, 3.63) is 0 Å². The molecule has 0 aromatic carbocycles. The molecule has 17 heavy (non-hydrogen) atoms. The summed E-state index contributed by atoms with van der Waals surface area (Å²) in [6, 6.07) is 0.216. The highest BCUT2D eigenvalue weighted by molar-refractivity contribution is 5.05. The molecule has 0 saturated heterocycles. The van der Waals surface area contributed by atoms with Gasteiger partial charge in [-0.05, 0) is 56.8 Å². The van der Waals surface area contributed by atoms with Gasteiger partial charge < -0.3 is 5.32 Å². The predicted molar refractivity (Wildman–Crippen MR) is 61.8 cm³/mol. The lowest BCUT2D eigenvalue weighted by Crippen LogP contribution is -2.33. The van der Waals surface area contributed by atoms with E-state index in [1.165, 1.54) is 25.7 Å². The van der Waals surface area contributed by atoms with Crippen LogP contribution in [0.1, 0.15) is 51.9 Å². The van der Waals surface area contributed by atoms with Crippen LogP contribution in [0.2, 0.25) is 0 Å². The maximum absolute atomic E-state index is 12.0. The summed E-state index contributed by atoms with van der Waals surface area (Å²) in [5.41, 5.74) is 0.540. The Hall–Kier alpha value is -0.250. The van der Waals surface area contributed by atoms with Crippen LogP contribution in [0.3, 0.4) is 0 Å². The Balaban J connectivity index is 1.56. The molecule has 1 N–H and O–H groups in total. The number of nitrogens with one attached hydrogen (secondary N) is 1. The van der Waals surface area contributed by atoms with Gasteiger partial charge in [0.1, 0.15) is 0 Å². The molecule has 0 heterocycles. The van der Waals surface area contributed by atoms with Gasteiger partial charge in [-0.3, -0.25) is 0 Å². The Kier molecular flexibility index (Phi) is 3.71. The first kappa shape index (κ1) is 13.2. The summed E-state index contributed by atoms with van der Waals surface area (Å²) >= 11 is 0. The summed E-state index contributed by atoms with van der Waals surface area (Å²) in [4.78, 5) is 0. The third-order valence-electron chi connectivity index (χ3n) is 4.24. The molecule has 0 aromatic rings. The van der Waals surface area contributed by atoms with E-state index >= 15 is 0 Å². The number of rotatable bonds is 7. The summed E-state index contributed by atoms with van der Waals surface area (Å²) < 4.78 is 36.0. The van der Waals surface area contributed by atoms with Crippen LogP contribution < -0.4 is 5.32 Å². The van der Waals surface area contributed by atoms with E-state index in [2.05, 4.69) is 5.32 Å². The van der Waals surface area contributed by atoms with E-state index in [1.807, 2.05) is 6.92 Å². The zero-order valence-corrected chi connectivity index (χ0v) is 10.4. The van der Waals surface area contributed by atoms with Crippen molar-refractivity contribution in [3.63, 3.8) is 0 Å². The van der Waals surface area contributed by atoms with Crippen molar-refractivity contribution >= 4 is 0 Å². The third-order valence-corrected chi connectivity index (χ3v) is 4.24. The molecular weight excluding hydrogens is 227 g/mol. The van der Waals surface area contributed by atoms with Crippen molar-refractivity contribution in [3.8, 4) is 0 Å². The minimum atomic E-state index is -3.99. The molecule has 0 spiro atoms. The standard InChI is InChI=1S/C13H22F3N/c1-10(3-2-6-13(14,15)16)17-9-12(7-8-12)11-4-5-11/h10-11,17H,2-9H2,1H3. The second-order valence-electron chi connectivity index (χ2n) is 5.93. The largest absolute Gasteiger partial charge is 0.389 e. The van der Waals surface area contributed by atoms with Crippen LogP contribution in [-0.4, -0.2) is 18.8 Å². The summed E-state index contributed by atoms with van der Waals surface area (Å²) in [6.45, 7) is 3.02. The Morgan fingerprint density at radius 3 is 2.41 bits per heavy atom. The van der Waals surface area contributed by atoms with Crippen LogP contribution in [0.4, 0.5) is 13.2 Å². The van der Waals surface area contributed by atoms with Crippen molar-refractivity contribution in [2.45, 2.75) is 64.1 Å². The molecule has 2 aliphatic rings. The van der Waals surface area contributed by atoms with E-state index in [1.54, 1.807) is 0 Å². The zero-order chi connectivity index (χ0) is 12.5. The summed E-state index contributed by atoms with van der Waals surface area (Å²) in [7, 11) is 0. The molecule has 0 amide bonds. The number of hydrogen-bond acceptors (Lipinski definition) is 1. The van der Waals surface area contributed by atoms with Gasteiger partial charge in [0.15, 0.2) is 0 Å². The Bertz CT molecular complexity index is 254. The molecule has 100 valence electrons. The molecule has 2 aliphatic carbocycles. The minimum absolute atomic E-state index is 0.216. The molecule has 4 heteroatoms. The fraction of sp³-hybridized carbons (Fsp3) is 1.00. The molecule has 2 saturated carbocycles. The van der Waals surface area contributed by atoms with Crippen molar-refractivity contribution in [1.82, 2.24) is 5.32 Å². The second-order valence-corrected chi connectivity index (χ2v) is 5.93.